The summed E-state index contributed by atoms with van der Waals surface area (Å²) in [5.41, 5.74) is 2.32. The molecule has 1 heterocycles. The molecular formula is C24H28BrN3O2S. The molecule has 0 aromatic heterocycles. The fourth-order valence-electron chi connectivity index (χ4n) is 3.00. The first-order valence-corrected chi connectivity index (χ1v) is 12.2. The summed E-state index contributed by atoms with van der Waals surface area (Å²) >= 11 is 4.93. The molecule has 164 valence electrons. The molecule has 0 aliphatic carbocycles. The summed E-state index contributed by atoms with van der Waals surface area (Å²) in [6, 6.07) is 15.8. The number of ether oxygens (including phenoxy) is 1. The Bertz CT molecular complexity index is 971. The van der Waals surface area contributed by atoms with Crippen molar-refractivity contribution in [2.75, 3.05) is 12.4 Å². The van der Waals surface area contributed by atoms with Gasteiger partial charge in [0.25, 0.3) is 0 Å². The van der Waals surface area contributed by atoms with Crippen molar-refractivity contribution in [1.29, 1.82) is 0 Å². The fourth-order valence-corrected chi connectivity index (χ4v) is 4.38. The first kappa shape index (κ1) is 23.5. The van der Waals surface area contributed by atoms with Crippen LogP contribution in [0.15, 0.2) is 63.0 Å². The van der Waals surface area contributed by atoms with E-state index >= 15 is 0 Å². The molecule has 1 aliphatic heterocycles. The van der Waals surface area contributed by atoms with Crippen LogP contribution < -0.4 is 10.1 Å². The van der Waals surface area contributed by atoms with Gasteiger partial charge in [0.2, 0.25) is 5.91 Å². The van der Waals surface area contributed by atoms with E-state index < -0.39 is 5.66 Å². The quantitative estimate of drug-likeness (QED) is 0.453. The van der Waals surface area contributed by atoms with Crippen LogP contribution in [0.2, 0.25) is 0 Å². The summed E-state index contributed by atoms with van der Waals surface area (Å²) in [5, 5.41) is 3.76. The molecule has 31 heavy (non-hydrogen) atoms. The first-order chi connectivity index (χ1) is 14.9. The third kappa shape index (κ3) is 6.94. The van der Waals surface area contributed by atoms with E-state index in [1.54, 1.807) is 0 Å². The van der Waals surface area contributed by atoms with E-state index in [1.165, 1.54) is 11.8 Å². The van der Waals surface area contributed by atoms with Crippen LogP contribution >= 0.6 is 27.7 Å². The summed E-state index contributed by atoms with van der Waals surface area (Å²) < 4.78 is 6.74. The lowest BCUT2D eigenvalue weighted by atomic mass is 10.1. The van der Waals surface area contributed by atoms with E-state index in [4.69, 9.17) is 14.7 Å². The van der Waals surface area contributed by atoms with Gasteiger partial charge in [0.05, 0.1) is 18.1 Å². The zero-order valence-corrected chi connectivity index (χ0v) is 20.6. The number of thioether (sulfide) groups is 1. The number of hydrogen-bond donors (Lipinski definition) is 1. The second kappa shape index (κ2) is 11.0. The maximum atomic E-state index is 12.4. The molecule has 0 spiro atoms. The van der Waals surface area contributed by atoms with Crippen molar-refractivity contribution in [3.8, 4) is 5.75 Å². The van der Waals surface area contributed by atoms with Crippen molar-refractivity contribution < 1.29 is 9.53 Å². The van der Waals surface area contributed by atoms with Gasteiger partial charge in [0.1, 0.15) is 16.5 Å². The average molecular weight is 502 g/mol. The average Bonchev–Trinajstić information content (AvgIpc) is 3.07. The van der Waals surface area contributed by atoms with Gasteiger partial charge in [-0.2, -0.15) is 0 Å². The van der Waals surface area contributed by atoms with E-state index in [-0.39, 0.29) is 11.7 Å². The van der Waals surface area contributed by atoms with Crippen molar-refractivity contribution in [3.05, 3.63) is 64.1 Å². The molecule has 2 aromatic carbocycles. The van der Waals surface area contributed by atoms with Crippen LogP contribution in [0.25, 0.3) is 0 Å². The maximum Gasteiger partial charge on any atom is 0.230 e. The number of benzene rings is 2. The van der Waals surface area contributed by atoms with Crippen LogP contribution in [0, 0.1) is 0 Å². The van der Waals surface area contributed by atoms with E-state index in [0.29, 0.717) is 6.54 Å². The molecule has 0 bridgehead atoms. The second-order valence-corrected chi connectivity index (χ2v) is 9.57. The maximum absolute atomic E-state index is 12.4. The van der Waals surface area contributed by atoms with Crippen LogP contribution in [0.4, 0.5) is 0 Å². The Labute approximate surface area is 196 Å². The van der Waals surface area contributed by atoms with Gasteiger partial charge in [-0.3, -0.25) is 9.79 Å². The molecule has 0 unspecified atom stereocenters. The Morgan fingerprint density at radius 1 is 1.13 bits per heavy atom. The zero-order chi connectivity index (χ0) is 22.3. The van der Waals surface area contributed by atoms with E-state index in [2.05, 4.69) is 28.2 Å². The summed E-state index contributed by atoms with van der Waals surface area (Å²) in [5.74, 6) is 1.11. The number of amides is 1. The van der Waals surface area contributed by atoms with Gasteiger partial charge in [-0.05, 0) is 56.2 Å². The number of carbonyl (C=O) groups is 1. The lowest BCUT2D eigenvalue weighted by Gasteiger charge is -2.09. The van der Waals surface area contributed by atoms with Gasteiger partial charge in [-0.15, -0.1) is 0 Å². The second-order valence-electron chi connectivity index (χ2n) is 7.76. The van der Waals surface area contributed by atoms with E-state index in [0.717, 1.165) is 51.6 Å². The summed E-state index contributed by atoms with van der Waals surface area (Å²) in [6.07, 6.45) is 2.15. The normalized spacial score (nSPS) is 14.7. The predicted molar refractivity (Wildman–Crippen MR) is 133 cm³/mol. The Morgan fingerprint density at radius 2 is 1.87 bits per heavy atom. The van der Waals surface area contributed by atoms with Gasteiger partial charge in [-0.1, -0.05) is 59.2 Å². The Hall–Kier alpha value is -2.12. The smallest absolute Gasteiger partial charge is 0.230 e. The number of nitrogens with zero attached hydrogens (tertiary/aromatic N) is 2. The minimum atomic E-state index is -0.528. The molecule has 0 radical (unpaired) electrons. The minimum absolute atomic E-state index is 0.0350. The van der Waals surface area contributed by atoms with Crippen LogP contribution in [0.1, 0.15) is 44.7 Å². The lowest BCUT2D eigenvalue weighted by Crippen LogP contribution is -2.26. The van der Waals surface area contributed by atoms with Crippen molar-refractivity contribution in [1.82, 2.24) is 5.32 Å². The van der Waals surface area contributed by atoms with Crippen molar-refractivity contribution in [2.24, 2.45) is 9.98 Å². The van der Waals surface area contributed by atoms with Gasteiger partial charge >= 0.3 is 0 Å². The fraction of sp³-hybridized carbons (Fsp3) is 0.375. The Kier molecular flexibility index (Phi) is 8.32. The van der Waals surface area contributed by atoms with Gasteiger partial charge < -0.3 is 10.1 Å². The van der Waals surface area contributed by atoms with Gasteiger partial charge in [-0.25, -0.2) is 4.99 Å². The van der Waals surface area contributed by atoms with Gasteiger partial charge in [0, 0.05) is 16.6 Å². The summed E-state index contributed by atoms with van der Waals surface area (Å²) in [6.45, 7) is 7.29. The molecule has 1 N–H and O–H groups in total. The highest BCUT2D eigenvalue weighted by molar-refractivity contribution is 9.10. The number of unbranched alkanes of at least 4 members (excludes halogenated alkanes) is 1. The number of rotatable bonds is 9. The third-order valence-electron chi connectivity index (χ3n) is 4.63. The SMILES string of the molecule is CCCCOc1ccc(C2=NC(C)(C)N=C2SCC(=O)NCc2ccccc2Br)cc1. The molecule has 1 aliphatic rings. The molecule has 0 atom stereocenters. The Morgan fingerprint density at radius 3 is 2.58 bits per heavy atom. The van der Waals surface area contributed by atoms with E-state index in [1.807, 2.05) is 62.4 Å². The molecule has 0 fully saturated rings. The van der Waals surface area contributed by atoms with Crippen LogP contribution in [0.5, 0.6) is 5.75 Å². The van der Waals surface area contributed by atoms with Crippen molar-refractivity contribution >= 4 is 44.4 Å². The van der Waals surface area contributed by atoms with E-state index in [9.17, 15) is 4.79 Å². The van der Waals surface area contributed by atoms with Gasteiger partial charge in [0.15, 0.2) is 0 Å². The molecule has 5 nitrogen and oxygen atoms in total. The highest BCUT2D eigenvalue weighted by atomic mass is 79.9. The van der Waals surface area contributed by atoms with Crippen molar-refractivity contribution in [3.63, 3.8) is 0 Å². The zero-order valence-electron chi connectivity index (χ0n) is 18.2. The number of nitrogens with one attached hydrogen (secondary N) is 1. The summed E-state index contributed by atoms with van der Waals surface area (Å²) in [7, 11) is 0. The predicted octanol–water partition coefficient (Wildman–Crippen LogP) is 5.61. The lowest BCUT2D eigenvalue weighted by molar-refractivity contribution is -0.118. The number of carbonyl (C=O) groups excluding carboxylic acids is 1. The third-order valence-corrected chi connectivity index (χ3v) is 6.37. The van der Waals surface area contributed by atoms with Crippen LogP contribution in [-0.4, -0.2) is 34.7 Å². The molecule has 7 heteroatoms. The highest BCUT2D eigenvalue weighted by Crippen LogP contribution is 2.27. The number of halogens is 1. The van der Waals surface area contributed by atoms with Crippen LogP contribution in [-0.2, 0) is 11.3 Å². The highest BCUT2D eigenvalue weighted by Gasteiger charge is 2.28. The standard InChI is InChI=1S/C24H28BrN3O2S/c1-4-5-14-30-19-12-10-17(11-13-19)22-23(28-24(2,3)27-22)31-16-21(29)26-15-18-8-6-7-9-20(18)25/h6-13H,4-5,14-16H2,1-3H3,(H,26,29). The monoisotopic (exact) mass is 501 g/mol. The molecule has 3 rings (SSSR count). The summed E-state index contributed by atoms with van der Waals surface area (Å²) in [4.78, 5) is 21.9. The molecule has 0 saturated heterocycles. The minimum Gasteiger partial charge on any atom is -0.494 e. The molecule has 0 saturated carbocycles. The molecule has 1 amide bonds. The molecular weight excluding hydrogens is 474 g/mol. The number of hydrogen-bond acceptors (Lipinski definition) is 5. The largest absolute Gasteiger partial charge is 0.494 e. The Balaban J connectivity index is 1.59. The first-order valence-electron chi connectivity index (χ1n) is 10.4. The van der Waals surface area contributed by atoms with Crippen LogP contribution in [0.3, 0.4) is 0 Å². The number of aliphatic imine (C=N–C) groups is 2. The van der Waals surface area contributed by atoms with Crippen molar-refractivity contribution in [2.45, 2.75) is 45.8 Å². The topological polar surface area (TPSA) is 63.1 Å². The molecule has 2 aromatic rings.